The van der Waals surface area contributed by atoms with E-state index in [-0.39, 0.29) is 5.91 Å². The van der Waals surface area contributed by atoms with Crippen LogP contribution in [0.1, 0.15) is 28.4 Å². The zero-order valence-corrected chi connectivity index (χ0v) is 15.6. The molecule has 0 saturated carbocycles. The van der Waals surface area contributed by atoms with Crippen molar-refractivity contribution in [2.75, 3.05) is 17.2 Å². The summed E-state index contributed by atoms with van der Waals surface area (Å²) >= 11 is 0. The Balaban J connectivity index is 1.90. The number of carbonyl (C=O) groups is 1. The number of anilines is 2. The Morgan fingerprint density at radius 1 is 0.889 bits per heavy atom. The number of hydrogen-bond acceptors (Lipinski definition) is 3. The van der Waals surface area contributed by atoms with Gasteiger partial charge in [-0.3, -0.25) is 4.79 Å². The van der Waals surface area contributed by atoms with Crippen molar-refractivity contribution in [3.05, 3.63) is 95.6 Å². The van der Waals surface area contributed by atoms with E-state index in [0.29, 0.717) is 17.8 Å². The van der Waals surface area contributed by atoms with Crippen molar-refractivity contribution in [1.29, 1.82) is 0 Å². The van der Waals surface area contributed by atoms with E-state index in [1.54, 1.807) is 6.07 Å². The highest BCUT2D eigenvalue weighted by Gasteiger charge is 2.14. The van der Waals surface area contributed by atoms with Crippen LogP contribution in [0.2, 0.25) is 0 Å². The van der Waals surface area contributed by atoms with Crippen molar-refractivity contribution < 1.29 is 4.79 Å². The highest BCUT2D eigenvalue weighted by molar-refractivity contribution is 5.96. The van der Waals surface area contributed by atoms with Crippen LogP contribution in [-0.2, 0) is 13.1 Å². The van der Waals surface area contributed by atoms with Crippen molar-refractivity contribution in [3.63, 3.8) is 0 Å². The second-order valence-electron chi connectivity index (χ2n) is 6.46. The van der Waals surface area contributed by atoms with Crippen molar-refractivity contribution in [2.45, 2.75) is 20.0 Å². The molecule has 0 radical (unpaired) electrons. The SMILES string of the molecule is CCNC(=O)c1ccc(N(Cc2ccccc2)Cc2ccccc2)c(N)c1. The molecule has 4 heteroatoms. The quantitative estimate of drug-likeness (QED) is 0.621. The van der Waals surface area contributed by atoms with Crippen LogP contribution in [0.3, 0.4) is 0 Å². The lowest BCUT2D eigenvalue weighted by Crippen LogP contribution is -2.25. The van der Waals surface area contributed by atoms with Crippen LogP contribution in [-0.4, -0.2) is 12.5 Å². The Labute approximate surface area is 160 Å². The zero-order chi connectivity index (χ0) is 19.1. The van der Waals surface area contributed by atoms with Gasteiger partial charge in [-0.15, -0.1) is 0 Å². The van der Waals surface area contributed by atoms with Crippen LogP contribution in [0.15, 0.2) is 78.9 Å². The fraction of sp³-hybridized carbons (Fsp3) is 0.174. The third-order valence-electron chi connectivity index (χ3n) is 4.40. The number of benzene rings is 3. The maximum absolute atomic E-state index is 12.1. The van der Waals surface area contributed by atoms with E-state index in [1.165, 1.54) is 11.1 Å². The van der Waals surface area contributed by atoms with E-state index in [0.717, 1.165) is 18.8 Å². The molecule has 0 saturated heterocycles. The minimum absolute atomic E-state index is 0.103. The van der Waals surface area contributed by atoms with Gasteiger partial charge in [-0.2, -0.15) is 0 Å². The van der Waals surface area contributed by atoms with Gasteiger partial charge in [0.05, 0.1) is 11.4 Å². The second kappa shape index (κ2) is 8.90. The predicted octanol–water partition coefficient (Wildman–Crippen LogP) is 4.23. The van der Waals surface area contributed by atoms with E-state index in [1.807, 2.05) is 55.5 Å². The molecule has 4 nitrogen and oxygen atoms in total. The maximum Gasteiger partial charge on any atom is 0.251 e. The molecule has 3 N–H and O–H groups in total. The monoisotopic (exact) mass is 359 g/mol. The molecular formula is C23H25N3O. The molecule has 0 unspecified atom stereocenters. The van der Waals surface area contributed by atoms with Crippen LogP contribution < -0.4 is 16.0 Å². The van der Waals surface area contributed by atoms with Gasteiger partial charge < -0.3 is 16.0 Å². The number of carbonyl (C=O) groups excluding carboxylic acids is 1. The first-order chi connectivity index (χ1) is 13.2. The molecule has 3 rings (SSSR count). The topological polar surface area (TPSA) is 58.4 Å². The molecule has 0 fully saturated rings. The van der Waals surface area contributed by atoms with Crippen LogP contribution in [0, 0.1) is 0 Å². The van der Waals surface area contributed by atoms with Crippen LogP contribution >= 0.6 is 0 Å². The number of nitrogens with one attached hydrogen (secondary N) is 1. The standard InChI is InChI=1S/C23H25N3O/c1-2-25-23(27)20-13-14-22(21(24)15-20)26(16-18-9-5-3-6-10-18)17-19-11-7-4-8-12-19/h3-15H,2,16-17,24H2,1H3,(H,25,27). The molecule has 138 valence electrons. The Kier molecular flexibility index (Phi) is 6.10. The molecule has 0 heterocycles. The average Bonchev–Trinajstić information content (AvgIpc) is 2.69. The molecule has 0 spiro atoms. The summed E-state index contributed by atoms with van der Waals surface area (Å²) in [6.07, 6.45) is 0. The van der Waals surface area contributed by atoms with Crippen LogP contribution in [0.4, 0.5) is 11.4 Å². The molecule has 27 heavy (non-hydrogen) atoms. The van der Waals surface area contributed by atoms with Gasteiger partial charge in [0.1, 0.15) is 0 Å². The Bertz CT molecular complexity index is 837. The Morgan fingerprint density at radius 3 is 1.93 bits per heavy atom. The first-order valence-electron chi connectivity index (χ1n) is 9.18. The van der Waals surface area contributed by atoms with Gasteiger partial charge in [-0.25, -0.2) is 0 Å². The van der Waals surface area contributed by atoms with Gasteiger partial charge in [0, 0.05) is 25.2 Å². The smallest absolute Gasteiger partial charge is 0.251 e. The number of amides is 1. The number of nitrogens with two attached hydrogens (primary N) is 1. The molecule has 3 aromatic rings. The lowest BCUT2D eigenvalue weighted by atomic mass is 10.1. The lowest BCUT2D eigenvalue weighted by molar-refractivity contribution is 0.0956. The fourth-order valence-corrected chi connectivity index (χ4v) is 3.08. The van der Waals surface area contributed by atoms with Crippen molar-refractivity contribution in [1.82, 2.24) is 5.32 Å². The van der Waals surface area contributed by atoms with E-state index >= 15 is 0 Å². The Hall–Kier alpha value is -3.27. The summed E-state index contributed by atoms with van der Waals surface area (Å²) in [6, 6.07) is 26.1. The summed E-state index contributed by atoms with van der Waals surface area (Å²) in [4.78, 5) is 14.3. The molecule has 0 atom stereocenters. The zero-order valence-electron chi connectivity index (χ0n) is 15.6. The van der Waals surface area contributed by atoms with Crippen molar-refractivity contribution in [2.24, 2.45) is 0 Å². The molecule has 0 aliphatic carbocycles. The molecule has 0 aliphatic heterocycles. The number of hydrogen-bond donors (Lipinski definition) is 2. The fourth-order valence-electron chi connectivity index (χ4n) is 3.08. The predicted molar refractivity (Wildman–Crippen MR) is 112 cm³/mol. The summed E-state index contributed by atoms with van der Waals surface area (Å²) in [5.74, 6) is -0.103. The second-order valence-corrected chi connectivity index (χ2v) is 6.46. The van der Waals surface area contributed by atoms with E-state index < -0.39 is 0 Å². The van der Waals surface area contributed by atoms with Gasteiger partial charge in [-0.1, -0.05) is 60.7 Å². The van der Waals surface area contributed by atoms with Gasteiger partial charge in [0.25, 0.3) is 5.91 Å². The highest BCUT2D eigenvalue weighted by atomic mass is 16.1. The lowest BCUT2D eigenvalue weighted by Gasteiger charge is -2.27. The summed E-state index contributed by atoms with van der Waals surface area (Å²) in [5, 5.41) is 2.81. The van der Waals surface area contributed by atoms with Gasteiger partial charge >= 0.3 is 0 Å². The molecule has 3 aromatic carbocycles. The highest BCUT2D eigenvalue weighted by Crippen LogP contribution is 2.28. The van der Waals surface area contributed by atoms with Gasteiger partial charge in [-0.05, 0) is 36.2 Å². The minimum atomic E-state index is -0.103. The average molecular weight is 359 g/mol. The maximum atomic E-state index is 12.1. The Morgan fingerprint density at radius 2 is 1.44 bits per heavy atom. The number of nitrogens with zero attached hydrogens (tertiary/aromatic N) is 1. The summed E-state index contributed by atoms with van der Waals surface area (Å²) < 4.78 is 0. The van der Waals surface area contributed by atoms with Gasteiger partial charge in [0.15, 0.2) is 0 Å². The first-order valence-corrected chi connectivity index (χ1v) is 9.18. The molecular weight excluding hydrogens is 334 g/mol. The molecule has 0 aromatic heterocycles. The first kappa shape index (κ1) is 18.5. The minimum Gasteiger partial charge on any atom is -0.397 e. The summed E-state index contributed by atoms with van der Waals surface area (Å²) in [5.41, 5.74) is 10.9. The van der Waals surface area contributed by atoms with Crippen molar-refractivity contribution in [3.8, 4) is 0 Å². The van der Waals surface area contributed by atoms with Crippen LogP contribution in [0.25, 0.3) is 0 Å². The van der Waals surface area contributed by atoms with E-state index in [9.17, 15) is 4.79 Å². The number of rotatable bonds is 7. The summed E-state index contributed by atoms with van der Waals surface area (Å²) in [6.45, 7) is 3.96. The normalized spacial score (nSPS) is 10.4. The molecule has 1 amide bonds. The van der Waals surface area contributed by atoms with Gasteiger partial charge in [0.2, 0.25) is 0 Å². The molecule has 0 bridgehead atoms. The molecule has 0 aliphatic rings. The van der Waals surface area contributed by atoms with Crippen LogP contribution in [0.5, 0.6) is 0 Å². The number of nitrogen functional groups attached to an aromatic ring is 1. The third-order valence-corrected chi connectivity index (χ3v) is 4.40. The van der Waals surface area contributed by atoms with E-state index in [4.69, 9.17) is 5.73 Å². The van der Waals surface area contributed by atoms with Crippen molar-refractivity contribution >= 4 is 17.3 Å². The third kappa shape index (κ3) is 4.88. The largest absolute Gasteiger partial charge is 0.397 e. The summed E-state index contributed by atoms with van der Waals surface area (Å²) in [7, 11) is 0. The van der Waals surface area contributed by atoms with E-state index in [2.05, 4.69) is 34.5 Å².